The van der Waals surface area contributed by atoms with Gasteiger partial charge in [0.2, 0.25) is 0 Å². The third-order valence-corrected chi connectivity index (χ3v) is 2.50. The highest BCUT2D eigenvalue weighted by molar-refractivity contribution is 6.20. The summed E-state index contributed by atoms with van der Waals surface area (Å²) in [5.74, 6) is 0.0300. The minimum absolute atomic E-state index is 0.0300. The van der Waals surface area contributed by atoms with Gasteiger partial charge in [-0.2, -0.15) is 0 Å². The summed E-state index contributed by atoms with van der Waals surface area (Å²) in [6.45, 7) is 7.38. The summed E-state index contributed by atoms with van der Waals surface area (Å²) in [7, 11) is 1.69. The highest BCUT2D eigenvalue weighted by Gasteiger charge is 2.04. The molecule has 0 aliphatic carbocycles. The van der Waals surface area contributed by atoms with Gasteiger partial charge in [0.05, 0.1) is 0 Å². The maximum atomic E-state index is 11.4. The number of allylic oxidation sites excluding steroid dienone is 10. The molecule has 0 radical (unpaired) electrons. The minimum Gasteiger partial charge on any atom is -0.294 e. The molecular weight excluding hydrogens is 234 g/mol. The van der Waals surface area contributed by atoms with Gasteiger partial charge in [-0.25, -0.2) is 0 Å². The van der Waals surface area contributed by atoms with Crippen LogP contribution in [0.15, 0.2) is 64.7 Å². The molecule has 0 heterocycles. The molecule has 0 saturated carbocycles. The van der Waals surface area contributed by atoms with Gasteiger partial charge < -0.3 is 0 Å². The maximum Gasteiger partial charge on any atom is 0.161 e. The van der Waals surface area contributed by atoms with Gasteiger partial charge in [0.15, 0.2) is 5.78 Å². The standard InChI is InChI=1S/C17H23NO/c1-6-7-8-9-11-14(2)12-10-13-17(16(4)19)15(3)18-5/h6-13H,1-5H3/b7-6-,9-8-,12-10+,14-11+,17-13+,18-15?. The van der Waals surface area contributed by atoms with Crippen molar-refractivity contribution in [3.8, 4) is 0 Å². The van der Waals surface area contributed by atoms with Gasteiger partial charge in [-0.3, -0.25) is 9.79 Å². The lowest BCUT2D eigenvalue weighted by molar-refractivity contribution is -0.113. The first-order chi connectivity index (χ1) is 9.02. The molecule has 0 aliphatic heterocycles. The fourth-order valence-electron chi connectivity index (χ4n) is 1.35. The van der Waals surface area contributed by atoms with E-state index in [1.807, 2.05) is 63.3 Å². The lowest BCUT2D eigenvalue weighted by Crippen LogP contribution is -2.06. The van der Waals surface area contributed by atoms with Crippen LogP contribution < -0.4 is 0 Å². The summed E-state index contributed by atoms with van der Waals surface area (Å²) in [4.78, 5) is 15.5. The first-order valence-electron chi connectivity index (χ1n) is 6.32. The molecule has 0 aromatic rings. The molecule has 0 spiro atoms. The van der Waals surface area contributed by atoms with Crippen LogP contribution in [0.2, 0.25) is 0 Å². The van der Waals surface area contributed by atoms with Crippen molar-refractivity contribution in [2.75, 3.05) is 7.05 Å². The highest BCUT2D eigenvalue weighted by atomic mass is 16.1. The number of aliphatic imine (C=N–C) groups is 1. The van der Waals surface area contributed by atoms with Crippen molar-refractivity contribution in [2.45, 2.75) is 27.7 Å². The van der Waals surface area contributed by atoms with E-state index in [0.717, 1.165) is 11.3 Å². The molecule has 0 aliphatic rings. The smallest absolute Gasteiger partial charge is 0.161 e. The van der Waals surface area contributed by atoms with E-state index in [9.17, 15) is 4.79 Å². The fourth-order valence-corrected chi connectivity index (χ4v) is 1.35. The van der Waals surface area contributed by atoms with Crippen LogP contribution in [0.5, 0.6) is 0 Å². The molecule has 0 N–H and O–H groups in total. The zero-order valence-corrected chi connectivity index (χ0v) is 12.5. The van der Waals surface area contributed by atoms with E-state index in [1.165, 1.54) is 0 Å². The Morgan fingerprint density at radius 3 is 2.16 bits per heavy atom. The van der Waals surface area contributed by atoms with E-state index < -0.39 is 0 Å². The molecule has 102 valence electrons. The average Bonchev–Trinajstić information content (AvgIpc) is 2.38. The second kappa shape index (κ2) is 10.0. The molecule has 0 atom stereocenters. The Morgan fingerprint density at radius 2 is 1.63 bits per heavy atom. The number of carbonyl (C=O) groups is 1. The molecule has 19 heavy (non-hydrogen) atoms. The Balaban J connectivity index is 4.83. The minimum atomic E-state index is 0.0300. The number of hydrogen-bond donors (Lipinski definition) is 0. The highest BCUT2D eigenvalue weighted by Crippen LogP contribution is 2.03. The number of Topliss-reactive ketones (excluding diaryl/α,β-unsaturated/α-hetero) is 1. The molecule has 0 rings (SSSR count). The Hall–Kier alpha value is -1.96. The number of nitrogens with zero attached hydrogens (tertiary/aromatic N) is 1. The van der Waals surface area contributed by atoms with Crippen LogP contribution in [-0.2, 0) is 4.79 Å². The van der Waals surface area contributed by atoms with Crippen molar-refractivity contribution in [3.63, 3.8) is 0 Å². The van der Waals surface area contributed by atoms with Crippen molar-refractivity contribution < 1.29 is 4.79 Å². The number of hydrogen-bond acceptors (Lipinski definition) is 2. The Morgan fingerprint density at radius 1 is 0.947 bits per heavy atom. The van der Waals surface area contributed by atoms with Crippen LogP contribution in [-0.4, -0.2) is 18.5 Å². The van der Waals surface area contributed by atoms with Gasteiger partial charge in [-0.1, -0.05) is 48.1 Å². The van der Waals surface area contributed by atoms with E-state index in [2.05, 4.69) is 4.99 Å². The fraction of sp³-hybridized carbons (Fsp3) is 0.294. The van der Waals surface area contributed by atoms with Crippen molar-refractivity contribution in [1.82, 2.24) is 0 Å². The lowest BCUT2D eigenvalue weighted by atomic mass is 10.1. The Kier molecular flexibility index (Phi) is 8.98. The van der Waals surface area contributed by atoms with Crippen LogP contribution in [0.25, 0.3) is 0 Å². The molecule has 0 unspecified atom stereocenters. The molecule has 0 saturated heterocycles. The SMILES string of the molecule is C\C=C/C=C\C=C(C)\C=C\C=C(\C(C)=O)C(C)=NC. The summed E-state index contributed by atoms with van der Waals surface area (Å²) < 4.78 is 0. The predicted molar refractivity (Wildman–Crippen MR) is 84.6 cm³/mol. The van der Waals surface area contributed by atoms with Crippen LogP contribution in [0.4, 0.5) is 0 Å². The molecule has 2 nitrogen and oxygen atoms in total. The van der Waals surface area contributed by atoms with Gasteiger partial charge in [-0.15, -0.1) is 0 Å². The quantitative estimate of drug-likeness (QED) is 0.398. The topological polar surface area (TPSA) is 29.4 Å². The normalized spacial score (nSPS) is 15.1. The number of carbonyl (C=O) groups excluding carboxylic acids is 1. The summed E-state index contributed by atoms with van der Waals surface area (Å²) in [6.07, 6.45) is 15.6. The average molecular weight is 257 g/mol. The monoisotopic (exact) mass is 257 g/mol. The molecule has 0 bridgehead atoms. The first-order valence-corrected chi connectivity index (χ1v) is 6.32. The Labute approximate surface area is 116 Å². The van der Waals surface area contributed by atoms with E-state index >= 15 is 0 Å². The lowest BCUT2D eigenvalue weighted by Gasteiger charge is -1.99. The van der Waals surface area contributed by atoms with E-state index in [4.69, 9.17) is 0 Å². The van der Waals surface area contributed by atoms with Crippen LogP contribution in [0.3, 0.4) is 0 Å². The van der Waals surface area contributed by atoms with Gasteiger partial charge in [0.25, 0.3) is 0 Å². The van der Waals surface area contributed by atoms with Crippen molar-refractivity contribution in [3.05, 3.63) is 59.8 Å². The van der Waals surface area contributed by atoms with Crippen LogP contribution in [0.1, 0.15) is 27.7 Å². The van der Waals surface area contributed by atoms with Crippen molar-refractivity contribution >= 4 is 11.5 Å². The molecule has 2 heteroatoms. The van der Waals surface area contributed by atoms with E-state index in [-0.39, 0.29) is 5.78 Å². The Bertz CT molecular complexity index is 471. The third kappa shape index (κ3) is 7.87. The van der Waals surface area contributed by atoms with Crippen LogP contribution in [0, 0.1) is 0 Å². The zero-order chi connectivity index (χ0) is 14.7. The van der Waals surface area contributed by atoms with Crippen molar-refractivity contribution in [2.24, 2.45) is 4.99 Å². The second-order valence-corrected chi connectivity index (χ2v) is 4.13. The maximum absolute atomic E-state index is 11.4. The van der Waals surface area contributed by atoms with Crippen molar-refractivity contribution in [1.29, 1.82) is 0 Å². The van der Waals surface area contributed by atoms with Gasteiger partial charge in [-0.05, 0) is 33.8 Å². The molecule has 0 aromatic heterocycles. The number of ketones is 1. The van der Waals surface area contributed by atoms with Gasteiger partial charge in [0.1, 0.15) is 0 Å². The largest absolute Gasteiger partial charge is 0.294 e. The predicted octanol–water partition coefficient (Wildman–Crippen LogP) is 4.23. The van der Waals surface area contributed by atoms with Crippen LogP contribution >= 0.6 is 0 Å². The molecule has 0 amide bonds. The summed E-state index contributed by atoms with van der Waals surface area (Å²) >= 11 is 0. The van der Waals surface area contributed by atoms with Gasteiger partial charge >= 0.3 is 0 Å². The first kappa shape index (κ1) is 17.0. The van der Waals surface area contributed by atoms with Gasteiger partial charge in [0, 0.05) is 18.3 Å². The number of rotatable bonds is 6. The summed E-state index contributed by atoms with van der Waals surface area (Å²) in [6, 6.07) is 0. The summed E-state index contributed by atoms with van der Waals surface area (Å²) in [5, 5.41) is 0. The second-order valence-electron chi connectivity index (χ2n) is 4.13. The molecule has 0 fully saturated rings. The van der Waals surface area contributed by atoms with E-state index in [1.54, 1.807) is 20.0 Å². The zero-order valence-electron chi connectivity index (χ0n) is 12.5. The van der Waals surface area contributed by atoms with E-state index in [0.29, 0.717) is 5.57 Å². The summed E-state index contributed by atoms with van der Waals surface area (Å²) in [5.41, 5.74) is 2.52. The molecular formula is C17H23NO. The third-order valence-electron chi connectivity index (χ3n) is 2.50. The molecule has 0 aromatic carbocycles.